The number of amides is 1. The topological polar surface area (TPSA) is 55.1 Å². The number of nitrogens with one attached hydrogen (secondary N) is 1. The minimum absolute atomic E-state index is 0.267. The Bertz CT molecular complexity index is 230. The van der Waals surface area contributed by atoms with Gasteiger partial charge in [0.2, 0.25) is 5.91 Å². The third kappa shape index (κ3) is 4.20. The highest BCUT2D eigenvalue weighted by Crippen LogP contribution is 2.45. The number of hydrogen-bond donors (Lipinski definition) is 2. The Morgan fingerprint density at radius 2 is 1.73 bits per heavy atom. The molecule has 1 saturated carbocycles. The van der Waals surface area contributed by atoms with E-state index in [-0.39, 0.29) is 5.91 Å². The molecule has 3 nitrogen and oxygen atoms in total. The predicted molar refractivity (Wildman–Crippen MR) is 62.4 cm³/mol. The van der Waals surface area contributed by atoms with E-state index in [1.165, 1.54) is 6.42 Å². The summed E-state index contributed by atoms with van der Waals surface area (Å²) in [7, 11) is 0. The van der Waals surface area contributed by atoms with Gasteiger partial charge in [-0.05, 0) is 30.1 Å². The molecule has 1 rings (SSSR count). The first-order valence-electron chi connectivity index (χ1n) is 5.72. The molecule has 3 heteroatoms. The second-order valence-electron chi connectivity index (χ2n) is 6.46. The molecule has 0 saturated heterocycles. The van der Waals surface area contributed by atoms with Gasteiger partial charge in [0.15, 0.2) is 0 Å². The summed E-state index contributed by atoms with van der Waals surface area (Å²) in [6, 6.07) is 0.427. The van der Waals surface area contributed by atoms with Gasteiger partial charge in [-0.15, -0.1) is 0 Å². The van der Waals surface area contributed by atoms with Crippen LogP contribution >= 0.6 is 0 Å². The average molecular weight is 212 g/mol. The highest BCUT2D eigenvalue weighted by atomic mass is 16.1. The van der Waals surface area contributed by atoms with E-state index in [9.17, 15) is 4.79 Å². The van der Waals surface area contributed by atoms with Crippen LogP contribution in [0.1, 0.15) is 47.0 Å². The van der Waals surface area contributed by atoms with Crippen LogP contribution in [-0.2, 0) is 4.79 Å². The molecule has 0 spiro atoms. The van der Waals surface area contributed by atoms with Crippen LogP contribution in [0.4, 0.5) is 0 Å². The van der Waals surface area contributed by atoms with E-state index in [1.54, 1.807) is 0 Å². The van der Waals surface area contributed by atoms with Gasteiger partial charge in [-0.3, -0.25) is 4.79 Å². The van der Waals surface area contributed by atoms with Crippen molar-refractivity contribution in [2.75, 3.05) is 6.54 Å². The Morgan fingerprint density at radius 3 is 2.13 bits per heavy atom. The van der Waals surface area contributed by atoms with E-state index < -0.39 is 0 Å². The molecule has 15 heavy (non-hydrogen) atoms. The number of carbonyl (C=O) groups is 1. The zero-order valence-electron chi connectivity index (χ0n) is 10.4. The fraction of sp³-hybridized carbons (Fsp3) is 0.917. The van der Waals surface area contributed by atoms with Gasteiger partial charge < -0.3 is 11.1 Å². The molecule has 0 aromatic rings. The van der Waals surface area contributed by atoms with Crippen molar-refractivity contribution in [2.45, 2.75) is 53.0 Å². The van der Waals surface area contributed by atoms with Gasteiger partial charge in [0.1, 0.15) is 0 Å². The van der Waals surface area contributed by atoms with Crippen LogP contribution in [0.2, 0.25) is 0 Å². The molecule has 0 radical (unpaired) electrons. The van der Waals surface area contributed by atoms with E-state index in [1.807, 2.05) is 0 Å². The first kappa shape index (κ1) is 12.5. The normalized spacial score (nSPS) is 25.1. The summed E-state index contributed by atoms with van der Waals surface area (Å²) < 4.78 is 0. The van der Waals surface area contributed by atoms with Crippen LogP contribution < -0.4 is 11.1 Å². The molecule has 1 aliphatic carbocycles. The molecule has 3 N–H and O–H groups in total. The Labute approximate surface area is 92.8 Å². The highest BCUT2D eigenvalue weighted by Gasteiger charge is 2.38. The molecular formula is C12H24N2O. The molecule has 0 unspecified atom stereocenters. The summed E-state index contributed by atoms with van der Waals surface area (Å²) >= 11 is 0. The van der Waals surface area contributed by atoms with Crippen molar-refractivity contribution in [1.29, 1.82) is 0 Å². The molecule has 0 atom stereocenters. The van der Waals surface area contributed by atoms with Crippen molar-refractivity contribution in [1.82, 2.24) is 5.32 Å². The van der Waals surface area contributed by atoms with E-state index in [0.29, 0.717) is 23.4 Å². The monoisotopic (exact) mass is 212 g/mol. The lowest BCUT2D eigenvalue weighted by atomic mass is 9.63. The van der Waals surface area contributed by atoms with Crippen LogP contribution in [0.5, 0.6) is 0 Å². The molecule has 0 heterocycles. The predicted octanol–water partition coefficient (Wildman–Crippen LogP) is 1.67. The van der Waals surface area contributed by atoms with Crippen LogP contribution in [0, 0.1) is 10.8 Å². The third-order valence-electron chi connectivity index (χ3n) is 3.12. The maximum absolute atomic E-state index is 10.7. The second-order valence-corrected chi connectivity index (χ2v) is 6.46. The zero-order valence-corrected chi connectivity index (χ0v) is 10.4. The van der Waals surface area contributed by atoms with Gasteiger partial charge in [0.05, 0.1) is 6.54 Å². The highest BCUT2D eigenvalue weighted by molar-refractivity contribution is 5.75. The standard InChI is InChI=1S/C12H24N2O/c1-11(2)5-9(14-7-10(13)15)6-12(3,4)8-11/h9,14H,5-8H2,1-4H3,(H2,13,15). The van der Waals surface area contributed by atoms with Gasteiger partial charge in [-0.25, -0.2) is 0 Å². The lowest BCUT2D eigenvalue weighted by Gasteiger charge is -2.45. The summed E-state index contributed by atoms with van der Waals surface area (Å²) in [5.74, 6) is -0.267. The fourth-order valence-electron chi connectivity index (χ4n) is 3.24. The number of nitrogens with two attached hydrogens (primary N) is 1. The third-order valence-corrected chi connectivity index (χ3v) is 3.12. The van der Waals surface area contributed by atoms with Crippen molar-refractivity contribution in [3.8, 4) is 0 Å². The van der Waals surface area contributed by atoms with E-state index >= 15 is 0 Å². The van der Waals surface area contributed by atoms with E-state index in [0.717, 1.165) is 12.8 Å². The Hall–Kier alpha value is -0.570. The summed E-state index contributed by atoms with van der Waals surface area (Å²) in [4.78, 5) is 10.7. The van der Waals surface area contributed by atoms with Gasteiger partial charge >= 0.3 is 0 Å². The average Bonchev–Trinajstić information content (AvgIpc) is 1.94. The van der Waals surface area contributed by atoms with Gasteiger partial charge in [0, 0.05) is 6.04 Å². The van der Waals surface area contributed by atoms with Crippen LogP contribution in [0.3, 0.4) is 0 Å². The molecule has 1 fully saturated rings. The summed E-state index contributed by atoms with van der Waals surface area (Å²) in [6.45, 7) is 9.50. The van der Waals surface area contributed by atoms with E-state index in [4.69, 9.17) is 5.73 Å². The van der Waals surface area contributed by atoms with Crippen molar-refractivity contribution < 1.29 is 4.79 Å². The molecule has 1 amide bonds. The largest absolute Gasteiger partial charge is 0.369 e. The number of rotatable bonds is 3. The maximum Gasteiger partial charge on any atom is 0.231 e. The van der Waals surface area contributed by atoms with Crippen molar-refractivity contribution in [2.24, 2.45) is 16.6 Å². The lowest BCUT2D eigenvalue weighted by molar-refractivity contribution is -0.117. The molecule has 0 aromatic carbocycles. The molecule has 1 aliphatic rings. The van der Waals surface area contributed by atoms with Crippen molar-refractivity contribution in [3.63, 3.8) is 0 Å². The molecule has 0 aliphatic heterocycles. The Morgan fingerprint density at radius 1 is 1.27 bits per heavy atom. The van der Waals surface area contributed by atoms with Gasteiger partial charge in [-0.2, -0.15) is 0 Å². The maximum atomic E-state index is 10.7. The van der Waals surface area contributed by atoms with Crippen LogP contribution in [0.15, 0.2) is 0 Å². The Kier molecular flexibility index (Phi) is 3.44. The smallest absolute Gasteiger partial charge is 0.231 e. The quantitative estimate of drug-likeness (QED) is 0.747. The zero-order chi connectivity index (χ0) is 11.7. The summed E-state index contributed by atoms with van der Waals surface area (Å²) in [5, 5.41) is 3.26. The van der Waals surface area contributed by atoms with Crippen molar-refractivity contribution in [3.05, 3.63) is 0 Å². The minimum atomic E-state index is -0.267. The van der Waals surface area contributed by atoms with Gasteiger partial charge in [-0.1, -0.05) is 27.7 Å². The molecule has 88 valence electrons. The molecule has 0 bridgehead atoms. The molecular weight excluding hydrogens is 188 g/mol. The summed E-state index contributed by atoms with van der Waals surface area (Å²) in [6.07, 6.45) is 3.50. The number of primary amides is 1. The minimum Gasteiger partial charge on any atom is -0.369 e. The SMILES string of the molecule is CC1(C)CC(NCC(N)=O)CC(C)(C)C1. The fourth-order valence-corrected chi connectivity index (χ4v) is 3.24. The number of carbonyl (C=O) groups excluding carboxylic acids is 1. The first-order chi connectivity index (χ1) is 6.70. The summed E-state index contributed by atoms with van der Waals surface area (Å²) in [5.41, 5.74) is 5.86. The van der Waals surface area contributed by atoms with Crippen LogP contribution in [-0.4, -0.2) is 18.5 Å². The van der Waals surface area contributed by atoms with Crippen molar-refractivity contribution >= 4 is 5.91 Å². The Balaban J connectivity index is 2.55. The van der Waals surface area contributed by atoms with Crippen LogP contribution in [0.25, 0.3) is 0 Å². The lowest BCUT2D eigenvalue weighted by Crippen LogP contribution is -2.46. The first-order valence-corrected chi connectivity index (χ1v) is 5.72. The second kappa shape index (κ2) is 4.12. The van der Waals surface area contributed by atoms with Gasteiger partial charge in [0.25, 0.3) is 0 Å². The number of hydrogen-bond acceptors (Lipinski definition) is 2. The van der Waals surface area contributed by atoms with E-state index in [2.05, 4.69) is 33.0 Å². The molecule has 0 aromatic heterocycles.